The van der Waals surface area contributed by atoms with Crippen molar-refractivity contribution < 1.29 is 9.18 Å². The molecule has 24 heavy (non-hydrogen) atoms. The normalized spacial score (nSPS) is 10.6. The van der Waals surface area contributed by atoms with Crippen LogP contribution in [0.4, 0.5) is 10.1 Å². The first-order valence-electron chi connectivity index (χ1n) is 6.80. The fourth-order valence-corrected chi connectivity index (χ4v) is 2.23. The van der Waals surface area contributed by atoms with Gasteiger partial charge >= 0.3 is 0 Å². The third-order valence-corrected chi connectivity index (χ3v) is 3.78. The summed E-state index contributed by atoms with van der Waals surface area (Å²) in [7, 11) is 0. The number of carbonyl (C=O) groups excluding carboxylic acids is 1. The number of tetrazole rings is 1. The summed E-state index contributed by atoms with van der Waals surface area (Å²) in [6, 6.07) is 10.4. The lowest BCUT2D eigenvalue weighted by Gasteiger charge is -2.05. The van der Waals surface area contributed by atoms with Gasteiger partial charge in [0.25, 0.3) is 0 Å². The summed E-state index contributed by atoms with van der Waals surface area (Å²) in [6.45, 7) is -0.131. The number of amides is 1. The third kappa shape index (κ3) is 3.87. The van der Waals surface area contributed by atoms with Crippen LogP contribution < -0.4 is 5.32 Å². The number of hydrogen-bond donors (Lipinski definition) is 1. The zero-order valence-electron chi connectivity index (χ0n) is 12.1. The second-order valence-corrected chi connectivity index (χ2v) is 5.64. The summed E-state index contributed by atoms with van der Waals surface area (Å²) in [5.41, 5.74) is 1.11. The molecule has 3 aromatic rings. The van der Waals surface area contributed by atoms with Gasteiger partial charge < -0.3 is 5.32 Å². The van der Waals surface area contributed by atoms with Gasteiger partial charge in [-0.1, -0.05) is 23.2 Å². The predicted molar refractivity (Wildman–Crippen MR) is 88.3 cm³/mol. The van der Waals surface area contributed by atoms with Crippen molar-refractivity contribution in [2.75, 3.05) is 5.32 Å². The Kier molecular flexibility index (Phi) is 4.73. The lowest BCUT2D eigenvalue weighted by atomic mass is 10.2. The molecule has 0 saturated heterocycles. The van der Waals surface area contributed by atoms with Crippen LogP contribution in [0.1, 0.15) is 0 Å². The van der Waals surface area contributed by atoms with Crippen LogP contribution in [0.25, 0.3) is 11.4 Å². The Hall–Kier alpha value is -2.51. The number of nitrogens with one attached hydrogen (secondary N) is 1. The highest BCUT2D eigenvalue weighted by atomic mass is 35.5. The van der Waals surface area contributed by atoms with Crippen LogP contribution >= 0.6 is 23.2 Å². The summed E-state index contributed by atoms with van der Waals surface area (Å²) in [5, 5.41) is 15.1. The highest BCUT2D eigenvalue weighted by molar-refractivity contribution is 6.42. The zero-order valence-corrected chi connectivity index (χ0v) is 13.6. The van der Waals surface area contributed by atoms with Gasteiger partial charge in [0, 0.05) is 11.3 Å². The van der Waals surface area contributed by atoms with Gasteiger partial charge in [-0.15, -0.1) is 10.2 Å². The molecule has 122 valence electrons. The van der Waals surface area contributed by atoms with Crippen LogP contribution in [0.3, 0.4) is 0 Å². The fourth-order valence-electron chi connectivity index (χ4n) is 1.93. The molecule has 0 aliphatic heterocycles. The third-order valence-electron chi connectivity index (χ3n) is 3.04. The van der Waals surface area contributed by atoms with Gasteiger partial charge in [0.15, 0.2) is 0 Å². The van der Waals surface area contributed by atoms with Crippen molar-refractivity contribution in [3.05, 3.63) is 58.3 Å². The monoisotopic (exact) mass is 365 g/mol. The average molecular weight is 366 g/mol. The molecular weight excluding hydrogens is 356 g/mol. The van der Waals surface area contributed by atoms with E-state index in [9.17, 15) is 9.18 Å². The Morgan fingerprint density at radius 2 is 1.88 bits per heavy atom. The maximum Gasteiger partial charge on any atom is 0.248 e. The topological polar surface area (TPSA) is 72.7 Å². The highest BCUT2D eigenvalue weighted by Crippen LogP contribution is 2.25. The summed E-state index contributed by atoms with van der Waals surface area (Å²) in [5.74, 6) is -0.402. The highest BCUT2D eigenvalue weighted by Gasteiger charge is 2.10. The molecule has 9 heteroatoms. The van der Waals surface area contributed by atoms with Crippen LogP contribution in [-0.4, -0.2) is 26.1 Å². The lowest BCUT2D eigenvalue weighted by Crippen LogP contribution is -2.20. The van der Waals surface area contributed by atoms with Gasteiger partial charge in [-0.25, -0.2) is 4.39 Å². The first kappa shape index (κ1) is 16.4. The van der Waals surface area contributed by atoms with Crippen molar-refractivity contribution in [1.29, 1.82) is 0 Å². The SMILES string of the molecule is O=C(Cn1nnc(-c2ccc(F)cc2)n1)Nc1ccc(Cl)c(Cl)c1. The van der Waals surface area contributed by atoms with E-state index in [0.717, 1.165) is 4.80 Å². The molecule has 0 aliphatic rings. The number of nitrogens with zero attached hydrogens (tertiary/aromatic N) is 4. The van der Waals surface area contributed by atoms with E-state index in [1.165, 1.54) is 24.3 Å². The summed E-state index contributed by atoms with van der Waals surface area (Å²) < 4.78 is 12.9. The molecule has 0 spiro atoms. The predicted octanol–water partition coefficient (Wildman–Crippen LogP) is 3.42. The maximum atomic E-state index is 12.9. The van der Waals surface area contributed by atoms with Crippen molar-refractivity contribution in [1.82, 2.24) is 20.2 Å². The quantitative estimate of drug-likeness (QED) is 0.768. The van der Waals surface area contributed by atoms with Gasteiger partial charge in [-0.05, 0) is 47.7 Å². The van der Waals surface area contributed by atoms with Crippen molar-refractivity contribution in [3.8, 4) is 11.4 Å². The van der Waals surface area contributed by atoms with Crippen LogP contribution in [0.15, 0.2) is 42.5 Å². The molecule has 0 aliphatic carbocycles. The van der Waals surface area contributed by atoms with E-state index < -0.39 is 0 Å². The second kappa shape index (κ2) is 6.94. The van der Waals surface area contributed by atoms with Crippen LogP contribution in [0.2, 0.25) is 10.0 Å². The van der Waals surface area contributed by atoms with Gasteiger partial charge in [0.05, 0.1) is 10.0 Å². The zero-order chi connectivity index (χ0) is 17.1. The first-order chi connectivity index (χ1) is 11.5. The number of benzene rings is 2. The smallest absolute Gasteiger partial charge is 0.248 e. The first-order valence-corrected chi connectivity index (χ1v) is 7.55. The minimum atomic E-state index is -0.354. The summed E-state index contributed by atoms with van der Waals surface area (Å²) in [6.07, 6.45) is 0. The average Bonchev–Trinajstić information content (AvgIpc) is 3.00. The molecule has 2 aromatic carbocycles. The Balaban J connectivity index is 1.66. The number of aromatic nitrogens is 4. The maximum absolute atomic E-state index is 12.9. The molecule has 1 heterocycles. The minimum Gasteiger partial charge on any atom is -0.324 e. The van der Waals surface area contributed by atoms with Crippen molar-refractivity contribution in [2.24, 2.45) is 0 Å². The number of carbonyl (C=O) groups is 1. The minimum absolute atomic E-state index is 0.131. The van der Waals surface area contributed by atoms with E-state index >= 15 is 0 Å². The van der Waals surface area contributed by atoms with Gasteiger partial charge in [0.2, 0.25) is 11.7 Å². The van der Waals surface area contributed by atoms with Crippen molar-refractivity contribution in [2.45, 2.75) is 6.54 Å². The lowest BCUT2D eigenvalue weighted by molar-refractivity contribution is -0.117. The molecule has 1 amide bonds. The molecule has 0 saturated carbocycles. The standard InChI is InChI=1S/C15H10Cl2FN5O/c16-12-6-5-11(7-13(12)17)19-14(24)8-23-21-15(20-22-23)9-1-3-10(18)4-2-9/h1-7H,8H2,(H,19,24). The Morgan fingerprint density at radius 3 is 2.58 bits per heavy atom. The van der Waals surface area contributed by atoms with E-state index in [1.54, 1.807) is 18.2 Å². The molecule has 0 unspecified atom stereocenters. The van der Waals surface area contributed by atoms with E-state index in [0.29, 0.717) is 27.1 Å². The Bertz CT molecular complexity index is 882. The van der Waals surface area contributed by atoms with Crippen molar-refractivity contribution in [3.63, 3.8) is 0 Å². The molecule has 6 nitrogen and oxygen atoms in total. The largest absolute Gasteiger partial charge is 0.324 e. The second-order valence-electron chi connectivity index (χ2n) is 4.83. The molecule has 0 radical (unpaired) electrons. The van der Waals surface area contributed by atoms with Crippen LogP contribution in [0, 0.1) is 5.82 Å². The summed E-state index contributed by atoms with van der Waals surface area (Å²) >= 11 is 11.7. The molecule has 0 atom stereocenters. The van der Waals surface area contributed by atoms with Crippen LogP contribution in [-0.2, 0) is 11.3 Å². The molecule has 0 fully saturated rings. The Labute approximate surface area is 146 Å². The molecule has 1 N–H and O–H groups in total. The summed E-state index contributed by atoms with van der Waals surface area (Å²) in [4.78, 5) is 13.1. The Morgan fingerprint density at radius 1 is 1.12 bits per heavy atom. The van der Waals surface area contributed by atoms with E-state index in [-0.39, 0.29) is 18.3 Å². The van der Waals surface area contributed by atoms with Crippen molar-refractivity contribution >= 4 is 34.8 Å². The number of anilines is 1. The molecule has 0 bridgehead atoms. The van der Waals surface area contributed by atoms with Gasteiger partial charge in [-0.3, -0.25) is 4.79 Å². The van der Waals surface area contributed by atoms with Gasteiger partial charge in [0.1, 0.15) is 12.4 Å². The van der Waals surface area contributed by atoms with Crippen LogP contribution in [0.5, 0.6) is 0 Å². The van der Waals surface area contributed by atoms with E-state index in [1.807, 2.05) is 0 Å². The van der Waals surface area contributed by atoms with E-state index in [2.05, 4.69) is 20.7 Å². The number of halogens is 3. The van der Waals surface area contributed by atoms with Gasteiger partial charge in [-0.2, -0.15) is 4.80 Å². The molecule has 3 rings (SSSR count). The van der Waals surface area contributed by atoms with E-state index in [4.69, 9.17) is 23.2 Å². The number of hydrogen-bond acceptors (Lipinski definition) is 4. The molecule has 1 aromatic heterocycles. The molecular formula is C15H10Cl2FN5O. The fraction of sp³-hybridized carbons (Fsp3) is 0.0667. The number of rotatable bonds is 4.